The van der Waals surface area contributed by atoms with Crippen LogP contribution in [0.1, 0.15) is 15.9 Å². The number of thioether (sulfide) groups is 1. The van der Waals surface area contributed by atoms with E-state index >= 15 is 0 Å². The Kier molecular flexibility index (Phi) is 6.90. The Labute approximate surface area is 153 Å². The largest absolute Gasteiger partial charge is 0.351 e. The zero-order valence-electron chi connectivity index (χ0n) is 12.5. The molecule has 0 saturated carbocycles. The molecule has 0 atom stereocenters. The summed E-state index contributed by atoms with van der Waals surface area (Å²) in [5, 5.41) is 14.6. The predicted octanol–water partition coefficient (Wildman–Crippen LogP) is 4.56. The highest BCUT2D eigenvalue weighted by molar-refractivity contribution is 7.98. The summed E-state index contributed by atoms with van der Waals surface area (Å²) in [5.74, 6) is 0.976. The van der Waals surface area contributed by atoms with Gasteiger partial charge in [0.2, 0.25) is 0 Å². The van der Waals surface area contributed by atoms with Crippen LogP contribution in [0.25, 0.3) is 0 Å². The van der Waals surface area contributed by atoms with Gasteiger partial charge < -0.3 is 5.32 Å². The van der Waals surface area contributed by atoms with Crippen molar-refractivity contribution >= 4 is 46.6 Å². The van der Waals surface area contributed by atoms with Crippen molar-refractivity contribution in [2.75, 3.05) is 12.3 Å². The number of carbonyl (C=O) groups is 1. The average molecular weight is 385 g/mol. The Balaban J connectivity index is 1.82. The zero-order valence-corrected chi connectivity index (χ0v) is 14.8. The Hall–Kier alpha value is -1.76. The lowest BCUT2D eigenvalue weighted by Crippen LogP contribution is -2.26. The van der Waals surface area contributed by atoms with E-state index < -0.39 is 10.8 Å². The molecule has 0 unspecified atom stereocenters. The van der Waals surface area contributed by atoms with Gasteiger partial charge in [0.15, 0.2) is 0 Å². The molecule has 0 heterocycles. The number of amides is 1. The lowest BCUT2D eigenvalue weighted by molar-refractivity contribution is -0.385. The zero-order chi connectivity index (χ0) is 17.5. The van der Waals surface area contributed by atoms with Gasteiger partial charge in [0, 0.05) is 34.2 Å². The summed E-state index contributed by atoms with van der Waals surface area (Å²) in [6.45, 7) is 0.404. The molecule has 1 N–H and O–H groups in total. The fraction of sp³-hybridized carbons (Fsp3) is 0.188. The fourth-order valence-corrected chi connectivity index (χ4v) is 3.07. The van der Waals surface area contributed by atoms with Gasteiger partial charge in [-0.05, 0) is 29.8 Å². The normalized spacial score (nSPS) is 10.4. The van der Waals surface area contributed by atoms with Crippen LogP contribution in [-0.4, -0.2) is 23.1 Å². The van der Waals surface area contributed by atoms with Gasteiger partial charge >= 0.3 is 0 Å². The van der Waals surface area contributed by atoms with Crippen molar-refractivity contribution in [3.8, 4) is 0 Å². The van der Waals surface area contributed by atoms with Crippen molar-refractivity contribution in [3.05, 3.63) is 73.8 Å². The van der Waals surface area contributed by atoms with Crippen LogP contribution >= 0.6 is 35.0 Å². The van der Waals surface area contributed by atoms with Gasteiger partial charge in [0.1, 0.15) is 5.56 Å². The molecule has 0 aromatic heterocycles. The molecular weight excluding hydrogens is 371 g/mol. The highest BCUT2D eigenvalue weighted by Gasteiger charge is 2.19. The minimum atomic E-state index is -0.597. The Morgan fingerprint density at radius 2 is 1.79 bits per heavy atom. The monoisotopic (exact) mass is 384 g/mol. The van der Waals surface area contributed by atoms with Crippen molar-refractivity contribution in [1.29, 1.82) is 0 Å². The highest BCUT2D eigenvalue weighted by atomic mass is 35.5. The summed E-state index contributed by atoms with van der Waals surface area (Å²) in [5.41, 5.74) is 0.849. The quantitative estimate of drug-likeness (QED) is 0.431. The first-order valence-corrected chi connectivity index (χ1v) is 8.93. The number of carbonyl (C=O) groups excluding carboxylic acids is 1. The molecule has 2 aromatic rings. The molecule has 2 rings (SSSR count). The third-order valence-corrected chi connectivity index (χ3v) is 4.63. The maximum atomic E-state index is 12.1. The third-order valence-electron chi connectivity index (χ3n) is 3.11. The van der Waals surface area contributed by atoms with Crippen LogP contribution in [0.2, 0.25) is 10.0 Å². The Bertz CT molecular complexity index is 739. The van der Waals surface area contributed by atoms with Crippen molar-refractivity contribution in [2.24, 2.45) is 0 Å². The smallest absolute Gasteiger partial charge is 0.282 e. The van der Waals surface area contributed by atoms with Crippen molar-refractivity contribution in [2.45, 2.75) is 5.75 Å². The maximum Gasteiger partial charge on any atom is 0.282 e. The van der Waals surface area contributed by atoms with Gasteiger partial charge in [0.25, 0.3) is 11.6 Å². The summed E-state index contributed by atoms with van der Waals surface area (Å²) in [7, 11) is 0. The minimum absolute atomic E-state index is 0.0322. The number of rotatable bonds is 7. The first-order chi connectivity index (χ1) is 11.5. The molecule has 0 aliphatic carbocycles. The van der Waals surface area contributed by atoms with Crippen molar-refractivity contribution < 1.29 is 9.72 Å². The van der Waals surface area contributed by atoms with E-state index in [-0.39, 0.29) is 16.3 Å². The number of benzene rings is 2. The van der Waals surface area contributed by atoms with E-state index in [2.05, 4.69) is 5.32 Å². The second-order valence-electron chi connectivity index (χ2n) is 4.85. The highest BCUT2D eigenvalue weighted by Crippen LogP contribution is 2.22. The van der Waals surface area contributed by atoms with Gasteiger partial charge in [-0.2, -0.15) is 11.8 Å². The first-order valence-electron chi connectivity index (χ1n) is 7.01. The van der Waals surface area contributed by atoms with Crippen LogP contribution in [0, 0.1) is 10.1 Å². The molecule has 5 nitrogen and oxygen atoms in total. The summed E-state index contributed by atoms with van der Waals surface area (Å²) in [4.78, 5) is 22.5. The maximum absolute atomic E-state index is 12.1. The molecule has 0 bridgehead atoms. The molecular formula is C16H14Cl2N2O3S. The lowest BCUT2D eigenvalue weighted by Gasteiger charge is -2.06. The van der Waals surface area contributed by atoms with E-state index in [1.165, 1.54) is 18.2 Å². The molecule has 2 aromatic carbocycles. The van der Waals surface area contributed by atoms with Crippen LogP contribution in [0.3, 0.4) is 0 Å². The number of nitrogens with zero attached hydrogens (tertiary/aromatic N) is 1. The van der Waals surface area contributed by atoms with Crippen LogP contribution in [0.4, 0.5) is 5.69 Å². The molecule has 0 saturated heterocycles. The summed E-state index contributed by atoms with van der Waals surface area (Å²) >= 11 is 13.3. The number of hydrogen-bond donors (Lipinski definition) is 1. The standard InChI is InChI=1S/C16H14Cl2N2O3S/c17-12-3-1-11(2-4-12)10-24-8-7-19-16(21)14-9-13(18)5-6-15(14)20(22)23/h1-6,9H,7-8,10H2,(H,19,21). The van der Waals surface area contributed by atoms with E-state index in [1.54, 1.807) is 11.8 Å². The number of halogens is 2. The second kappa shape index (κ2) is 8.92. The SMILES string of the molecule is O=C(NCCSCc1ccc(Cl)cc1)c1cc(Cl)ccc1[N+](=O)[O-]. The Morgan fingerprint density at radius 1 is 1.12 bits per heavy atom. The average Bonchev–Trinajstić information content (AvgIpc) is 2.55. The summed E-state index contributed by atoms with van der Waals surface area (Å²) in [6, 6.07) is 11.5. The van der Waals surface area contributed by atoms with Gasteiger partial charge in [-0.1, -0.05) is 35.3 Å². The summed E-state index contributed by atoms with van der Waals surface area (Å²) in [6.07, 6.45) is 0. The Morgan fingerprint density at radius 3 is 2.46 bits per heavy atom. The lowest BCUT2D eigenvalue weighted by atomic mass is 10.1. The number of hydrogen-bond acceptors (Lipinski definition) is 4. The van der Waals surface area contributed by atoms with Crippen molar-refractivity contribution in [3.63, 3.8) is 0 Å². The molecule has 0 fully saturated rings. The number of nitrogens with one attached hydrogen (secondary N) is 1. The van der Waals surface area contributed by atoms with E-state index in [0.29, 0.717) is 17.3 Å². The molecule has 0 aliphatic rings. The third kappa shape index (κ3) is 5.40. The minimum Gasteiger partial charge on any atom is -0.351 e. The predicted molar refractivity (Wildman–Crippen MR) is 98.1 cm³/mol. The second-order valence-corrected chi connectivity index (χ2v) is 6.83. The molecule has 24 heavy (non-hydrogen) atoms. The van der Waals surface area contributed by atoms with Crippen LogP contribution in [0.15, 0.2) is 42.5 Å². The van der Waals surface area contributed by atoms with Gasteiger partial charge in [-0.15, -0.1) is 0 Å². The van der Waals surface area contributed by atoms with E-state index in [4.69, 9.17) is 23.2 Å². The molecule has 0 radical (unpaired) electrons. The molecule has 1 amide bonds. The van der Waals surface area contributed by atoms with Gasteiger partial charge in [-0.25, -0.2) is 0 Å². The molecule has 126 valence electrons. The molecule has 0 aliphatic heterocycles. The summed E-state index contributed by atoms with van der Waals surface area (Å²) < 4.78 is 0. The van der Waals surface area contributed by atoms with Gasteiger partial charge in [0.05, 0.1) is 4.92 Å². The fourth-order valence-electron chi connectivity index (χ4n) is 1.95. The topological polar surface area (TPSA) is 72.2 Å². The van der Waals surface area contributed by atoms with Gasteiger partial charge in [-0.3, -0.25) is 14.9 Å². The number of nitro benzene ring substituents is 1. The van der Waals surface area contributed by atoms with Crippen LogP contribution in [-0.2, 0) is 5.75 Å². The van der Waals surface area contributed by atoms with Crippen LogP contribution < -0.4 is 5.32 Å². The van der Waals surface area contributed by atoms with E-state index in [0.717, 1.165) is 11.3 Å². The van der Waals surface area contributed by atoms with E-state index in [9.17, 15) is 14.9 Å². The van der Waals surface area contributed by atoms with E-state index in [1.807, 2.05) is 24.3 Å². The molecule has 8 heteroatoms. The van der Waals surface area contributed by atoms with Crippen molar-refractivity contribution in [1.82, 2.24) is 5.32 Å². The number of nitro groups is 1. The molecule has 0 spiro atoms. The van der Waals surface area contributed by atoms with Crippen LogP contribution in [0.5, 0.6) is 0 Å². The first kappa shape index (κ1) is 18.6.